The van der Waals surface area contributed by atoms with E-state index in [-0.39, 0.29) is 5.56 Å². The summed E-state index contributed by atoms with van der Waals surface area (Å²) in [7, 11) is 0. The molecule has 1 N–H and O–H groups in total. The Morgan fingerprint density at radius 2 is 2.06 bits per heavy atom. The molecule has 17 heavy (non-hydrogen) atoms. The molecule has 1 rings (SSSR count). The highest BCUT2D eigenvalue weighted by Gasteiger charge is 2.15. The number of carboxylic acids is 1. The van der Waals surface area contributed by atoms with E-state index in [2.05, 4.69) is 18.1 Å². The van der Waals surface area contributed by atoms with E-state index in [9.17, 15) is 4.79 Å². The van der Waals surface area contributed by atoms with Crippen molar-refractivity contribution in [2.24, 2.45) is 0 Å². The quantitative estimate of drug-likeness (QED) is 0.764. The van der Waals surface area contributed by atoms with Gasteiger partial charge in [0, 0.05) is 25.0 Å². The predicted molar refractivity (Wildman–Crippen MR) is 68.5 cm³/mol. The molecule has 0 aromatic carbocycles. The van der Waals surface area contributed by atoms with Crippen LogP contribution in [0.4, 0.5) is 5.69 Å². The molecular formula is C13H16N2O2. The fourth-order valence-corrected chi connectivity index (χ4v) is 1.55. The summed E-state index contributed by atoms with van der Waals surface area (Å²) < 4.78 is 0. The number of aromatic carboxylic acids is 1. The molecule has 4 nitrogen and oxygen atoms in total. The molecule has 90 valence electrons. The highest BCUT2D eigenvalue weighted by Crippen LogP contribution is 2.21. The van der Waals surface area contributed by atoms with Gasteiger partial charge in [-0.2, -0.15) is 0 Å². The zero-order valence-corrected chi connectivity index (χ0v) is 9.89. The Morgan fingerprint density at radius 1 is 1.47 bits per heavy atom. The summed E-state index contributed by atoms with van der Waals surface area (Å²) in [5.74, 6) is -0.981. The van der Waals surface area contributed by atoms with E-state index < -0.39 is 5.97 Å². The number of hydrogen-bond donors (Lipinski definition) is 1. The van der Waals surface area contributed by atoms with E-state index >= 15 is 0 Å². The average Bonchev–Trinajstić information content (AvgIpc) is 2.28. The van der Waals surface area contributed by atoms with E-state index in [0.717, 1.165) is 5.69 Å². The van der Waals surface area contributed by atoms with Crippen LogP contribution in [0.1, 0.15) is 16.1 Å². The van der Waals surface area contributed by atoms with Crippen molar-refractivity contribution in [3.05, 3.63) is 48.8 Å². The van der Waals surface area contributed by atoms with Crippen molar-refractivity contribution >= 4 is 11.7 Å². The van der Waals surface area contributed by atoms with Crippen LogP contribution >= 0.6 is 0 Å². The normalized spacial score (nSPS) is 9.71. The van der Waals surface area contributed by atoms with Gasteiger partial charge in [-0.1, -0.05) is 12.2 Å². The monoisotopic (exact) mass is 232 g/mol. The molecule has 0 aliphatic heterocycles. The third-order valence-electron chi connectivity index (χ3n) is 2.29. The van der Waals surface area contributed by atoms with Crippen molar-refractivity contribution < 1.29 is 9.90 Å². The molecule has 4 heteroatoms. The molecular weight excluding hydrogens is 216 g/mol. The predicted octanol–water partition coefficient (Wildman–Crippen LogP) is 2.27. The van der Waals surface area contributed by atoms with E-state index in [1.807, 2.05) is 11.8 Å². The van der Waals surface area contributed by atoms with Crippen LogP contribution in [0.5, 0.6) is 0 Å². The molecule has 0 atom stereocenters. The van der Waals surface area contributed by atoms with Crippen LogP contribution in [-0.4, -0.2) is 29.1 Å². The Labute approximate surface area is 101 Å². The molecule has 0 fully saturated rings. The van der Waals surface area contributed by atoms with Gasteiger partial charge in [0.15, 0.2) is 0 Å². The molecule has 0 unspecified atom stereocenters. The maximum atomic E-state index is 11.1. The first-order chi connectivity index (χ1) is 8.10. The van der Waals surface area contributed by atoms with Gasteiger partial charge in [-0.15, -0.1) is 13.2 Å². The van der Waals surface area contributed by atoms with E-state index in [4.69, 9.17) is 5.11 Å². The maximum absolute atomic E-state index is 11.1. The standard InChI is InChI=1S/C13H16N2O2/c1-4-6-15(7-5-2)12-8-10(3)14-9-11(12)13(16)17/h4-5,8-9H,1-2,6-7H2,3H3,(H,16,17). The van der Waals surface area contributed by atoms with E-state index in [1.54, 1.807) is 18.2 Å². The Balaban J connectivity index is 3.22. The van der Waals surface area contributed by atoms with Crippen LogP contribution in [0.3, 0.4) is 0 Å². The van der Waals surface area contributed by atoms with E-state index in [0.29, 0.717) is 18.8 Å². The molecule has 1 aromatic heterocycles. The van der Waals surface area contributed by atoms with Crippen molar-refractivity contribution in [2.75, 3.05) is 18.0 Å². The lowest BCUT2D eigenvalue weighted by Crippen LogP contribution is -2.25. The van der Waals surface area contributed by atoms with Crippen LogP contribution in [0.2, 0.25) is 0 Å². The molecule has 0 aliphatic rings. The molecule has 0 saturated carbocycles. The zero-order valence-electron chi connectivity index (χ0n) is 9.89. The Morgan fingerprint density at radius 3 is 2.53 bits per heavy atom. The SMILES string of the molecule is C=CCN(CC=C)c1cc(C)ncc1C(=O)O. The molecule has 0 spiro atoms. The molecule has 0 radical (unpaired) electrons. The van der Waals surface area contributed by atoms with Gasteiger partial charge in [0.2, 0.25) is 0 Å². The van der Waals surface area contributed by atoms with Crippen LogP contribution in [0.15, 0.2) is 37.6 Å². The Bertz CT molecular complexity index is 431. The molecule has 0 aliphatic carbocycles. The highest BCUT2D eigenvalue weighted by molar-refractivity contribution is 5.94. The Kier molecular flexibility index (Phi) is 4.46. The van der Waals surface area contributed by atoms with Crippen LogP contribution < -0.4 is 4.90 Å². The smallest absolute Gasteiger partial charge is 0.339 e. The van der Waals surface area contributed by atoms with Gasteiger partial charge < -0.3 is 10.0 Å². The lowest BCUT2D eigenvalue weighted by Gasteiger charge is -2.23. The number of rotatable bonds is 6. The number of hydrogen-bond acceptors (Lipinski definition) is 3. The lowest BCUT2D eigenvalue weighted by atomic mass is 10.2. The second-order valence-electron chi connectivity index (χ2n) is 3.63. The minimum absolute atomic E-state index is 0.194. The summed E-state index contributed by atoms with van der Waals surface area (Å²) in [6.07, 6.45) is 4.84. The van der Waals surface area contributed by atoms with Gasteiger partial charge in [0.05, 0.1) is 5.69 Å². The minimum Gasteiger partial charge on any atom is -0.478 e. The first-order valence-electron chi connectivity index (χ1n) is 5.26. The minimum atomic E-state index is -0.981. The molecule has 1 aromatic rings. The number of carboxylic acid groups (broad SMARTS) is 1. The van der Waals surface area contributed by atoms with Gasteiger partial charge in [-0.3, -0.25) is 4.98 Å². The third-order valence-corrected chi connectivity index (χ3v) is 2.29. The lowest BCUT2D eigenvalue weighted by molar-refractivity contribution is 0.0697. The van der Waals surface area contributed by atoms with Crippen LogP contribution in [0.25, 0.3) is 0 Å². The Hall–Kier alpha value is -2.10. The van der Waals surface area contributed by atoms with Gasteiger partial charge >= 0.3 is 5.97 Å². The third kappa shape index (κ3) is 3.17. The topological polar surface area (TPSA) is 53.4 Å². The summed E-state index contributed by atoms with van der Waals surface area (Å²) in [6, 6.07) is 1.76. The summed E-state index contributed by atoms with van der Waals surface area (Å²) in [4.78, 5) is 17.0. The summed E-state index contributed by atoms with van der Waals surface area (Å²) in [5.41, 5.74) is 1.62. The largest absolute Gasteiger partial charge is 0.478 e. The van der Waals surface area contributed by atoms with Crippen LogP contribution in [0, 0.1) is 6.92 Å². The van der Waals surface area contributed by atoms with Gasteiger partial charge in [0.25, 0.3) is 0 Å². The van der Waals surface area contributed by atoms with E-state index in [1.165, 1.54) is 6.20 Å². The fraction of sp³-hybridized carbons (Fsp3) is 0.231. The van der Waals surface area contributed by atoms with Crippen molar-refractivity contribution in [1.82, 2.24) is 4.98 Å². The van der Waals surface area contributed by atoms with Crippen molar-refractivity contribution in [3.8, 4) is 0 Å². The highest BCUT2D eigenvalue weighted by atomic mass is 16.4. The summed E-state index contributed by atoms with van der Waals surface area (Å²) in [5, 5.41) is 9.12. The summed E-state index contributed by atoms with van der Waals surface area (Å²) in [6.45, 7) is 10.3. The van der Waals surface area contributed by atoms with Crippen molar-refractivity contribution in [2.45, 2.75) is 6.92 Å². The van der Waals surface area contributed by atoms with Crippen molar-refractivity contribution in [3.63, 3.8) is 0 Å². The van der Waals surface area contributed by atoms with Gasteiger partial charge in [0.1, 0.15) is 5.56 Å². The fourth-order valence-electron chi connectivity index (χ4n) is 1.55. The van der Waals surface area contributed by atoms with Gasteiger partial charge in [-0.05, 0) is 13.0 Å². The molecule has 0 saturated heterocycles. The zero-order chi connectivity index (χ0) is 12.8. The number of anilines is 1. The molecule has 0 amide bonds. The number of aryl methyl sites for hydroxylation is 1. The number of aromatic nitrogens is 1. The number of nitrogens with zero attached hydrogens (tertiary/aromatic N) is 2. The number of pyridine rings is 1. The first-order valence-corrected chi connectivity index (χ1v) is 5.26. The maximum Gasteiger partial charge on any atom is 0.339 e. The summed E-state index contributed by atoms with van der Waals surface area (Å²) >= 11 is 0. The second kappa shape index (κ2) is 5.84. The van der Waals surface area contributed by atoms with Crippen molar-refractivity contribution in [1.29, 1.82) is 0 Å². The first kappa shape index (κ1) is 13.0. The van der Waals surface area contributed by atoms with Crippen LogP contribution in [-0.2, 0) is 0 Å². The number of carbonyl (C=O) groups is 1. The average molecular weight is 232 g/mol. The van der Waals surface area contributed by atoms with Gasteiger partial charge in [-0.25, -0.2) is 4.79 Å². The molecule has 0 bridgehead atoms. The second-order valence-corrected chi connectivity index (χ2v) is 3.63. The molecule has 1 heterocycles.